The molecule has 1 amide bonds. The van der Waals surface area contributed by atoms with Crippen molar-refractivity contribution in [2.24, 2.45) is 0 Å². The number of thiophene rings is 1. The van der Waals surface area contributed by atoms with Crippen LogP contribution in [0.4, 0.5) is 10.1 Å². The summed E-state index contributed by atoms with van der Waals surface area (Å²) in [5.41, 5.74) is 0.992. The van der Waals surface area contributed by atoms with E-state index in [2.05, 4.69) is 5.32 Å². The number of amides is 1. The van der Waals surface area contributed by atoms with Gasteiger partial charge in [-0.3, -0.25) is 9.59 Å². The lowest BCUT2D eigenvalue weighted by atomic mass is 10.1. The number of fused-ring (bicyclic) bond motifs is 1. The van der Waals surface area contributed by atoms with E-state index >= 15 is 0 Å². The van der Waals surface area contributed by atoms with Gasteiger partial charge in [-0.1, -0.05) is 11.6 Å². The van der Waals surface area contributed by atoms with Gasteiger partial charge in [-0.05, 0) is 49.4 Å². The molecule has 0 fully saturated rings. The van der Waals surface area contributed by atoms with Crippen LogP contribution in [0, 0.1) is 5.82 Å². The summed E-state index contributed by atoms with van der Waals surface area (Å²) in [6, 6.07) is 10.3. The number of esters is 1. The van der Waals surface area contributed by atoms with E-state index in [0.29, 0.717) is 21.3 Å². The van der Waals surface area contributed by atoms with E-state index < -0.39 is 24.3 Å². The van der Waals surface area contributed by atoms with Crippen molar-refractivity contribution in [2.45, 2.75) is 6.92 Å². The number of anilines is 1. The third kappa shape index (κ3) is 4.32. The topological polar surface area (TPSA) is 72.5 Å². The zero-order valence-corrected chi connectivity index (χ0v) is 15.6. The molecule has 138 valence electrons. The molecule has 0 aliphatic heterocycles. The lowest BCUT2D eigenvalue weighted by molar-refractivity contribution is -0.119. The molecular weight excluding hydrogens is 393 g/mol. The second-order valence-electron chi connectivity index (χ2n) is 5.64. The highest BCUT2D eigenvalue weighted by atomic mass is 35.5. The van der Waals surface area contributed by atoms with Crippen LogP contribution in [0.1, 0.15) is 27.0 Å². The number of ether oxygens (including phenoxy) is 1. The Balaban J connectivity index is 1.62. The van der Waals surface area contributed by atoms with Crippen molar-refractivity contribution < 1.29 is 23.5 Å². The smallest absolute Gasteiger partial charge is 0.350 e. The maximum Gasteiger partial charge on any atom is 0.350 e. The molecule has 3 aromatic rings. The zero-order valence-electron chi connectivity index (χ0n) is 14.0. The van der Waals surface area contributed by atoms with E-state index in [4.69, 9.17) is 16.3 Å². The lowest BCUT2D eigenvalue weighted by Crippen LogP contribution is -2.20. The molecule has 5 nitrogen and oxygen atoms in total. The molecule has 0 saturated carbocycles. The number of hydrogen-bond donors (Lipinski definition) is 1. The molecule has 0 aliphatic rings. The Labute approximate surface area is 162 Å². The molecule has 3 rings (SSSR count). The fourth-order valence-corrected chi connectivity index (χ4v) is 3.78. The van der Waals surface area contributed by atoms with Gasteiger partial charge in [0.15, 0.2) is 12.4 Å². The number of benzene rings is 2. The van der Waals surface area contributed by atoms with Gasteiger partial charge in [-0.15, -0.1) is 11.3 Å². The van der Waals surface area contributed by atoms with Crippen LogP contribution in [0.5, 0.6) is 0 Å². The first-order chi connectivity index (χ1) is 12.8. The van der Waals surface area contributed by atoms with Crippen LogP contribution in [0.15, 0.2) is 42.5 Å². The highest BCUT2D eigenvalue weighted by Crippen LogP contribution is 2.36. The number of nitrogens with one attached hydrogen (secondary N) is 1. The highest BCUT2D eigenvalue weighted by molar-refractivity contribution is 7.21. The molecule has 1 N–H and O–H groups in total. The SMILES string of the molecule is CC(=O)c1ccc(NC(=O)COC(=O)c2sc3cc(F)ccc3c2Cl)cc1. The summed E-state index contributed by atoms with van der Waals surface area (Å²) < 4.78 is 18.8. The van der Waals surface area contributed by atoms with Crippen molar-refractivity contribution in [3.05, 3.63) is 63.7 Å². The number of carbonyl (C=O) groups excluding carboxylic acids is 3. The summed E-state index contributed by atoms with van der Waals surface area (Å²) in [4.78, 5) is 35.5. The van der Waals surface area contributed by atoms with Crippen LogP contribution < -0.4 is 5.32 Å². The summed E-state index contributed by atoms with van der Waals surface area (Å²) in [6.07, 6.45) is 0. The number of rotatable bonds is 5. The molecule has 0 radical (unpaired) electrons. The van der Waals surface area contributed by atoms with Gasteiger partial charge in [0.2, 0.25) is 0 Å². The van der Waals surface area contributed by atoms with Crippen molar-refractivity contribution in [3.8, 4) is 0 Å². The van der Waals surface area contributed by atoms with Gasteiger partial charge < -0.3 is 10.1 Å². The molecule has 27 heavy (non-hydrogen) atoms. The molecule has 8 heteroatoms. The Hall–Kier alpha value is -2.77. The van der Waals surface area contributed by atoms with Crippen molar-refractivity contribution in [1.29, 1.82) is 0 Å². The van der Waals surface area contributed by atoms with E-state index in [1.54, 1.807) is 24.3 Å². The third-order valence-electron chi connectivity index (χ3n) is 3.69. The Morgan fingerprint density at radius 2 is 1.85 bits per heavy atom. The molecular formula is C19H13ClFNO4S. The van der Waals surface area contributed by atoms with Gasteiger partial charge in [-0.25, -0.2) is 9.18 Å². The second kappa shape index (κ2) is 7.85. The number of hydrogen-bond acceptors (Lipinski definition) is 5. The van der Waals surface area contributed by atoms with Gasteiger partial charge in [-0.2, -0.15) is 0 Å². The highest BCUT2D eigenvalue weighted by Gasteiger charge is 2.19. The summed E-state index contributed by atoms with van der Waals surface area (Å²) in [7, 11) is 0. The first kappa shape index (κ1) is 19.0. The Kier molecular flexibility index (Phi) is 5.53. The minimum Gasteiger partial charge on any atom is -0.451 e. The van der Waals surface area contributed by atoms with E-state index in [1.807, 2.05) is 0 Å². The zero-order chi connectivity index (χ0) is 19.6. The number of Topliss-reactive ketones (excluding diaryl/α,β-unsaturated/α-hetero) is 1. The maximum atomic E-state index is 13.3. The Bertz CT molecular complexity index is 1050. The predicted molar refractivity (Wildman–Crippen MR) is 102 cm³/mol. The lowest BCUT2D eigenvalue weighted by Gasteiger charge is -2.06. The Morgan fingerprint density at radius 1 is 1.15 bits per heavy atom. The van der Waals surface area contributed by atoms with E-state index in [9.17, 15) is 18.8 Å². The molecule has 0 unspecified atom stereocenters. The first-order valence-electron chi connectivity index (χ1n) is 7.80. The predicted octanol–water partition coefficient (Wildman–Crippen LogP) is 4.69. The van der Waals surface area contributed by atoms with Crippen LogP contribution >= 0.6 is 22.9 Å². The van der Waals surface area contributed by atoms with Crippen molar-refractivity contribution in [3.63, 3.8) is 0 Å². The van der Waals surface area contributed by atoms with E-state index in [-0.39, 0.29) is 15.7 Å². The minimum atomic E-state index is -0.760. The van der Waals surface area contributed by atoms with E-state index in [1.165, 1.54) is 25.1 Å². The van der Waals surface area contributed by atoms with Gasteiger partial charge in [0, 0.05) is 21.3 Å². The van der Waals surface area contributed by atoms with Gasteiger partial charge >= 0.3 is 5.97 Å². The first-order valence-corrected chi connectivity index (χ1v) is 9.00. The van der Waals surface area contributed by atoms with Crippen molar-refractivity contribution in [1.82, 2.24) is 0 Å². The summed E-state index contributed by atoms with van der Waals surface area (Å²) >= 11 is 7.14. The van der Waals surface area contributed by atoms with Gasteiger partial charge in [0.25, 0.3) is 5.91 Å². The molecule has 0 atom stereocenters. The number of carbonyl (C=O) groups is 3. The molecule has 1 heterocycles. The summed E-state index contributed by atoms with van der Waals surface area (Å²) in [6.45, 7) is 0.937. The normalized spacial score (nSPS) is 10.6. The average Bonchev–Trinajstić information content (AvgIpc) is 2.96. The van der Waals surface area contributed by atoms with Crippen LogP contribution in [-0.4, -0.2) is 24.3 Å². The van der Waals surface area contributed by atoms with Crippen molar-refractivity contribution >= 4 is 56.4 Å². The minimum absolute atomic E-state index is 0.0816. The summed E-state index contributed by atoms with van der Waals surface area (Å²) in [5.74, 6) is -1.82. The third-order valence-corrected chi connectivity index (χ3v) is 5.32. The van der Waals surface area contributed by atoms with E-state index in [0.717, 1.165) is 11.3 Å². The summed E-state index contributed by atoms with van der Waals surface area (Å²) in [5, 5.41) is 3.27. The second-order valence-corrected chi connectivity index (χ2v) is 7.07. The fourth-order valence-electron chi connectivity index (χ4n) is 2.35. The average molecular weight is 406 g/mol. The van der Waals surface area contributed by atoms with Crippen molar-refractivity contribution in [2.75, 3.05) is 11.9 Å². The van der Waals surface area contributed by atoms with Gasteiger partial charge in [0.05, 0.1) is 5.02 Å². The molecule has 0 saturated heterocycles. The standard InChI is InChI=1S/C19H13ClFNO4S/c1-10(23)11-2-5-13(6-3-11)22-16(24)9-26-19(25)18-17(20)14-7-4-12(21)8-15(14)27-18/h2-8H,9H2,1H3,(H,22,24). The molecule has 0 spiro atoms. The molecule has 0 aliphatic carbocycles. The molecule has 2 aromatic carbocycles. The molecule has 1 aromatic heterocycles. The largest absolute Gasteiger partial charge is 0.451 e. The molecule has 0 bridgehead atoms. The van der Waals surface area contributed by atoms with Gasteiger partial charge in [0.1, 0.15) is 10.7 Å². The maximum absolute atomic E-state index is 13.3. The monoisotopic (exact) mass is 405 g/mol. The van der Waals surface area contributed by atoms with Crippen LogP contribution in [-0.2, 0) is 9.53 Å². The number of halogens is 2. The van der Waals surface area contributed by atoms with Crippen LogP contribution in [0.3, 0.4) is 0 Å². The fraction of sp³-hybridized carbons (Fsp3) is 0.105. The quantitative estimate of drug-likeness (QED) is 0.493. The Morgan fingerprint density at radius 3 is 2.52 bits per heavy atom. The van der Waals surface area contributed by atoms with Crippen LogP contribution in [0.2, 0.25) is 5.02 Å². The van der Waals surface area contributed by atoms with Crippen LogP contribution in [0.25, 0.3) is 10.1 Å². The number of ketones is 1.